The summed E-state index contributed by atoms with van der Waals surface area (Å²) in [4.78, 5) is 13.1. The zero-order valence-electron chi connectivity index (χ0n) is 11.5. The van der Waals surface area contributed by atoms with Gasteiger partial charge in [0, 0.05) is 26.2 Å². The van der Waals surface area contributed by atoms with E-state index in [-0.39, 0.29) is 23.0 Å². The lowest BCUT2D eigenvalue weighted by atomic mass is 10.2. The maximum absolute atomic E-state index is 12.2. The number of nitrogen functional groups attached to an aromatic ring is 1. The number of carbonyl (C=O) groups excluding carboxylic acids is 1. The van der Waals surface area contributed by atoms with Gasteiger partial charge >= 0.3 is 0 Å². The number of hydrogen-bond acceptors (Lipinski definition) is 4. The maximum atomic E-state index is 12.2. The Hall–Kier alpha value is -1.56. The molecule has 0 atom stereocenters. The Kier molecular flexibility index (Phi) is 4.94. The van der Waals surface area contributed by atoms with Crippen molar-refractivity contribution in [3.63, 3.8) is 0 Å². The molecular formula is C13H20N2O3S. The van der Waals surface area contributed by atoms with Gasteiger partial charge in [0.15, 0.2) is 9.84 Å². The minimum absolute atomic E-state index is 0.0448. The third-order valence-corrected chi connectivity index (χ3v) is 4.79. The van der Waals surface area contributed by atoms with Crippen LogP contribution in [0, 0.1) is 6.92 Å². The van der Waals surface area contributed by atoms with Gasteiger partial charge in [0.25, 0.3) is 0 Å². The zero-order valence-corrected chi connectivity index (χ0v) is 12.3. The molecule has 0 heterocycles. The van der Waals surface area contributed by atoms with Gasteiger partial charge in [-0.15, -0.1) is 0 Å². The average Bonchev–Trinajstić information content (AvgIpc) is 2.31. The Bertz CT molecular complexity index is 565. The van der Waals surface area contributed by atoms with Crippen molar-refractivity contribution in [2.45, 2.75) is 24.7 Å². The van der Waals surface area contributed by atoms with Crippen molar-refractivity contribution in [2.75, 3.05) is 25.6 Å². The summed E-state index contributed by atoms with van der Waals surface area (Å²) in [5.74, 6) is -0.115. The number of anilines is 1. The van der Waals surface area contributed by atoms with E-state index in [0.717, 1.165) is 0 Å². The molecule has 0 bridgehead atoms. The predicted molar refractivity (Wildman–Crippen MR) is 75.6 cm³/mol. The molecule has 0 radical (unpaired) electrons. The molecule has 2 N–H and O–H groups in total. The Morgan fingerprint density at radius 3 is 2.53 bits per heavy atom. The summed E-state index contributed by atoms with van der Waals surface area (Å²) in [7, 11) is -0.0822. The molecule has 0 aromatic heterocycles. The second kappa shape index (κ2) is 6.06. The van der Waals surface area contributed by atoms with E-state index in [1.165, 1.54) is 11.0 Å². The van der Waals surface area contributed by atoms with Crippen LogP contribution < -0.4 is 5.73 Å². The molecule has 19 heavy (non-hydrogen) atoms. The highest BCUT2D eigenvalue weighted by Crippen LogP contribution is 2.20. The lowest BCUT2D eigenvalue weighted by Gasteiger charge is -2.11. The second-order valence-corrected chi connectivity index (χ2v) is 6.81. The normalized spacial score (nSPS) is 11.3. The molecule has 5 nitrogen and oxygen atoms in total. The van der Waals surface area contributed by atoms with Crippen LogP contribution >= 0.6 is 0 Å². The Labute approximate surface area is 114 Å². The van der Waals surface area contributed by atoms with Crippen LogP contribution in [0.3, 0.4) is 0 Å². The van der Waals surface area contributed by atoms with Crippen LogP contribution in [0.15, 0.2) is 23.1 Å². The molecule has 1 aromatic rings. The van der Waals surface area contributed by atoms with Crippen molar-refractivity contribution in [3.8, 4) is 0 Å². The fourth-order valence-electron chi connectivity index (χ4n) is 1.70. The summed E-state index contributed by atoms with van der Waals surface area (Å²) in [5.41, 5.74) is 6.71. The fraction of sp³-hybridized carbons (Fsp3) is 0.462. The van der Waals surface area contributed by atoms with Gasteiger partial charge in [0.05, 0.1) is 10.6 Å². The van der Waals surface area contributed by atoms with Gasteiger partial charge in [-0.3, -0.25) is 4.79 Å². The van der Waals surface area contributed by atoms with E-state index < -0.39 is 9.84 Å². The SMILES string of the molecule is Cc1ccc(N)cc1S(=O)(=O)CCCC(=O)N(C)C. The molecule has 1 amide bonds. The minimum Gasteiger partial charge on any atom is -0.399 e. The summed E-state index contributed by atoms with van der Waals surface area (Å²) in [6.45, 7) is 1.73. The number of carbonyl (C=O) groups is 1. The van der Waals surface area contributed by atoms with Gasteiger partial charge in [0.1, 0.15) is 0 Å². The highest BCUT2D eigenvalue weighted by Gasteiger charge is 2.18. The molecule has 0 fully saturated rings. The van der Waals surface area contributed by atoms with Crippen LogP contribution in [-0.2, 0) is 14.6 Å². The quantitative estimate of drug-likeness (QED) is 0.824. The summed E-state index contributed by atoms with van der Waals surface area (Å²) < 4.78 is 24.4. The Morgan fingerprint density at radius 2 is 1.95 bits per heavy atom. The van der Waals surface area contributed by atoms with Crippen molar-refractivity contribution < 1.29 is 13.2 Å². The largest absolute Gasteiger partial charge is 0.399 e. The highest BCUT2D eigenvalue weighted by atomic mass is 32.2. The molecule has 0 aliphatic carbocycles. The molecule has 0 unspecified atom stereocenters. The van der Waals surface area contributed by atoms with Crippen LogP contribution in [0.4, 0.5) is 5.69 Å². The van der Waals surface area contributed by atoms with E-state index in [2.05, 4.69) is 0 Å². The maximum Gasteiger partial charge on any atom is 0.222 e. The first kappa shape index (κ1) is 15.5. The molecule has 1 aromatic carbocycles. The van der Waals surface area contributed by atoms with Gasteiger partial charge in [-0.25, -0.2) is 8.42 Å². The third kappa shape index (κ3) is 4.24. The molecule has 0 saturated heterocycles. The van der Waals surface area contributed by atoms with Crippen molar-refractivity contribution in [2.24, 2.45) is 0 Å². The summed E-state index contributed by atoms with van der Waals surface area (Å²) in [6.07, 6.45) is 0.543. The minimum atomic E-state index is -3.39. The third-order valence-electron chi connectivity index (χ3n) is 2.85. The van der Waals surface area contributed by atoms with Crippen molar-refractivity contribution in [3.05, 3.63) is 23.8 Å². The second-order valence-electron chi connectivity index (χ2n) is 4.74. The average molecular weight is 284 g/mol. The highest BCUT2D eigenvalue weighted by molar-refractivity contribution is 7.91. The van der Waals surface area contributed by atoms with E-state index in [0.29, 0.717) is 17.7 Å². The van der Waals surface area contributed by atoms with Gasteiger partial charge < -0.3 is 10.6 Å². The monoisotopic (exact) mass is 284 g/mol. The molecule has 106 valence electrons. The molecule has 0 spiro atoms. The van der Waals surface area contributed by atoms with E-state index in [4.69, 9.17) is 5.73 Å². The van der Waals surface area contributed by atoms with Gasteiger partial charge in [-0.1, -0.05) is 6.07 Å². The van der Waals surface area contributed by atoms with E-state index >= 15 is 0 Å². The molecule has 0 aliphatic heterocycles. The molecule has 0 aliphatic rings. The summed E-state index contributed by atoms with van der Waals surface area (Å²) in [6, 6.07) is 4.83. The van der Waals surface area contributed by atoms with Crippen LogP contribution in [0.1, 0.15) is 18.4 Å². The first-order valence-electron chi connectivity index (χ1n) is 6.03. The standard InChI is InChI=1S/C13H20N2O3S/c1-10-6-7-11(14)9-12(10)19(17,18)8-4-5-13(16)15(2)3/h6-7,9H,4-5,8,14H2,1-3H3. The van der Waals surface area contributed by atoms with E-state index in [1.54, 1.807) is 33.2 Å². The number of amides is 1. The van der Waals surface area contributed by atoms with Crippen LogP contribution in [0.2, 0.25) is 0 Å². The fourth-order valence-corrected chi connectivity index (χ4v) is 3.32. The number of hydrogen-bond donors (Lipinski definition) is 1. The smallest absolute Gasteiger partial charge is 0.222 e. The van der Waals surface area contributed by atoms with Crippen LogP contribution in [0.25, 0.3) is 0 Å². The number of aryl methyl sites for hydroxylation is 1. The number of rotatable bonds is 5. The molecular weight excluding hydrogens is 264 g/mol. The number of nitrogens with two attached hydrogens (primary N) is 1. The van der Waals surface area contributed by atoms with E-state index in [9.17, 15) is 13.2 Å². The Morgan fingerprint density at radius 1 is 1.32 bits per heavy atom. The Balaban J connectivity index is 2.77. The van der Waals surface area contributed by atoms with Crippen LogP contribution in [0.5, 0.6) is 0 Å². The van der Waals surface area contributed by atoms with Gasteiger partial charge in [0.2, 0.25) is 5.91 Å². The molecule has 6 heteroatoms. The topological polar surface area (TPSA) is 80.5 Å². The van der Waals surface area contributed by atoms with Crippen molar-refractivity contribution in [1.29, 1.82) is 0 Å². The van der Waals surface area contributed by atoms with Crippen molar-refractivity contribution in [1.82, 2.24) is 4.90 Å². The van der Waals surface area contributed by atoms with Crippen LogP contribution in [-0.4, -0.2) is 39.1 Å². The first-order chi connectivity index (χ1) is 8.74. The zero-order chi connectivity index (χ0) is 14.6. The van der Waals surface area contributed by atoms with Crippen molar-refractivity contribution >= 4 is 21.4 Å². The molecule has 1 rings (SSSR count). The van der Waals surface area contributed by atoms with Gasteiger partial charge in [-0.05, 0) is 31.0 Å². The summed E-state index contributed by atoms with van der Waals surface area (Å²) >= 11 is 0. The van der Waals surface area contributed by atoms with Gasteiger partial charge in [-0.2, -0.15) is 0 Å². The summed E-state index contributed by atoms with van der Waals surface area (Å²) in [5, 5.41) is 0. The van der Waals surface area contributed by atoms with E-state index in [1.807, 2.05) is 0 Å². The number of sulfone groups is 1. The number of nitrogens with zero attached hydrogens (tertiary/aromatic N) is 1. The first-order valence-corrected chi connectivity index (χ1v) is 7.68. The predicted octanol–water partition coefficient (Wildman–Crippen LogP) is 1.22. The molecule has 0 saturated carbocycles. The number of benzene rings is 1. The lowest BCUT2D eigenvalue weighted by molar-refractivity contribution is -0.128. The lowest BCUT2D eigenvalue weighted by Crippen LogP contribution is -2.22.